The Bertz CT molecular complexity index is 1560. The first kappa shape index (κ1) is 25.8. The minimum atomic E-state index is -1.50. The largest absolute Gasteiger partial charge is 0.493 e. The molecule has 0 radical (unpaired) electrons. The molecule has 6 rings (SSSR count). The number of nitrogens with zero attached hydrogens (tertiary/aromatic N) is 3. The fourth-order valence-corrected chi connectivity index (χ4v) is 6.13. The van der Waals surface area contributed by atoms with E-state index in [1.54, 1.807) is 31.5 Å². The number of ketones is 1. The zero-order valence-electron chi connectivity index (χ0n) is 23.1. The molecular formula is C32H31N3O5. The Morgan fingerprint density at radius 2 is 1.65 bits per heavy atom. The first-order valence-electron chi connectivity index (χ1n) is 13.3. The van der Waals surface area contributed by atoms with Crippen LogP contribution in [0, 0.1) is 5.41 Å². The summed E-state index contributed by atoms with van der Waals surface area (Å²) in [6, 6.07) is 21.1. The first-order chi connectivity index (χ1) is 19.2. The van der Waals surface area contributed by atoms with Gasteiger partial charge in [0.1, 0.15) is 12.1 Å². The maximum Gasteiger partial charge on any atom is 0.344 e. The molecule has 1 saturated heterocycles. The fourth-order valence-electron chi connectivity index (χ4n) is 6.13. The van der Waals surface area contributed by atoms with Crippen molar-refractivity contribution >= 4 is 23.9 Å². The second kappa shape index (κ2) is 9.33. The van der Waals surface area contributed by atoms with E-state index in [1.165, 1.54) is 0 Å². The third-order valence-corrected chi connectivity index (χ3v) is 7.98. The minimum absolute atomic E-state index is 0.0538. The number of benzene rings is 3. The molecule has 1 spiro atoms. The van der Waals surface area contributed by atoms with E-state index in [0.29, 0.717) is 22.6 Å². The van der Waals surface area contributed by atoms with Crippen LogP contribution < -0.4 is 9.47 Å². The highest BCUT2D eigenvalue weighted by Crippen LogP contribution is 2.59. The number of fused-ring (bicyclic) bond motifs is 4. The van der Waals surface area contributed by atoms with Crippen LogP contribution in [0.3, 0.4) is 0 Å². The minimum Gasteiger partial charge on any atom is -0.493 e. The van der Waals surface area contributed by atoms with Crippen molar-refractivity contribution in [2.75, 3.05) is 14.2 Å². The Kier molecular flexibility index (Phi) is 6.02. The van der Waals surface area contributed by atoms with E-state index in [4.69, 9.17) is 24.3 Å². The lowest BCUT2D eigenvalue weighted by molar-refractivity contribution is -0.140. The molecule has 0 unspecified atom stereocenters. The summed E-state index contributed by atoms with van der Waals surface area (Å²) in [6.45, 7) is 5.65. The summed E-state index contributed by atoms with van der Waals surface area (Å²) in [5.74, 6) is -0.0443. The highest BCUT2D eigenvalue weighted by atomic mass is 16.6. The van der Waals surface area contributed by atoms with Crippen molar-refractivity contribution in [3.05, 3.63) is 95.1 Å². The van der Waals surface area contributed by atoms with E-state index in [1.807, 2.05) is 87.5 Å². The van der Waals surface area contributed by atoms with Gasteiger partial charge in [0.05, 0.1) is 26.4 Å². The van der Waals surface area contributed by atoms with Gasteiger partial charge in [-0.2, -0.15) is 5.10 Å². The second-order valence-electron chi connectivity index (χ2n) is 11.3. The maximum absolute atomic E-state index is 14.3. The van der Waals surface area contributed by atoms with Gasteiger partial charge in [0, 0.05) is 11.0 Å². The van der Waals surface area contributed by atoms with E-state index in [2.05, 4.69) is 0 Å². The molecule has 3 aliphatic heterocycles. The van der Waals surface area contributed by atoms with E-state index in [9.17, 15) is 9.59 Å². The Morgan fingerprint density at radius 3 is 2.35 bits per heavy atom. The molecular weight excluding hydrogens is 506 g/mol. The summed E-state index contributed by atoms with van der Waals surface area (Å²) in [6.07, 6.45) is 1.75. The first-order valence-corrected chi connectivity index (χ1v) is 13.3. The van der Waals surface area contributed by atoms with Crippen molar-refractivity contribution < 1.29 is 23.8 Å². The predicted molar refractivity (Wildman–Crippen MR) is 151 cm³/mol. The molecule has 0 amide bonds. The van der Waals surface area contributed by atoms with Gasteiger partial charge in [0.15, 0.2) is 22.8 Å². The third-order valence-electron chi connectivity index (χ3n) is 7.98. The zero-order chi connectivity index (χ0) is 28.2. The summed E-state index contributed by atoms with van der Waals surface area (Å²) in [5, 5.41) is 6.58. The van der Waals surface area contributed by atoms with Gasteiger partial charge in [-0.3, -0.25) is 9.80 Å². The second-order valence-corrected chi connectivity index (χ2v) is 11.3. The topological polar surface area (TPSA) is 89.8 Å². The number of ether oxygens (including phenoxy) is 3. The Hall–Kier alpha value is -4.46. The number of carbonyl (C=O) groups is 2. The SMILES string of the molecule is COc1ccc([C@H]2[C@@H](C(=O)C(C)(C)C)N3N=Cc4ccccc4[C@@H]3[C@]23N=C(c2ccccc2)OC3=O)cc1OC. The van der Waals surface area contributed by atoms with Gasteiger partial charge in [-0.1, -0.05) is 69.3 Å². The standard InChI is InChI=1S/C32H31N3O5/c1-31(2,3)28(36)26-25(20-15-16-23(38-4)24(17-20)39-5)32(27-22-14-10-9-13-21(22)18-33-35(26)27)30(37)40-29(34-32)19-11-7-6-8-12-19/h6-18,25-27H,1-5H3/t25-,26-,27+,32+/m0/s1. The molecule has 204 valence electrons. The number of Topliss-reactive ketones (excluding diaryl/α,β-unsaturated/α-hetero) is 1. The van der Waals surface area contributed by atoms with Gasteiger partial charge in [-0.15, -0.1) is 0 Å². The van der Waals surface area contributed by atoms with Crippen LogP contribution in [0.2, 0.25) is 0 Å². The molecule has 8 heteroatoms. The van der Waals surface area contributed by atoms with E-state index < -0.39 is 34.9 Å². The van der Waals surface area contributed by atoms with Crippen LogP contribution in [0.5, 0.6) is 11.5 Å². The zero-order valence-corrected chi connectivity index (χ0v) is 23.1. The van der Waals surface area contributed by atoms with E-state index in [0.717, 1.165) is 11.1 Å². The molecule has 0 aliphatic carbocycles. The lowest BCUT2D eigenvalue weighted by Gasteiger charge is -2.35. The van der Waals surface area contributed by atoms with Crippen LogP contribution in [-0.4, -0.2) is 54.7 Å². The molecule has 3 aromatic carbocycles. The van der Waals surface area contributed by atoms with Gasteiger partial charge < -0.3 is 14.2 Å². The van der Waals surface area contributed by atoms with Crippen LogP contribution in [0.4, 0.5) is 0 Å². The van der Waals surface area contributed by atoms with Crippen LogP contribution in [0.15, 0.2) is 82.9 Å². The number of carbonyl (C=O) groups excluding carboxylic acids is 2. The van der Waals surface area contributed by atoms with Crippen molar-refractivity contribution in [3.8, 4) is 11.5 Å². The molecule has 0 N–H and O–H groups in total. The molecule has 0 aromatic heterocycles. The Balaban J connectivity index is 1.67. The number of aliphatic imine (C=N–C) groups is 1. The highest BCUT2D eigenvalue weighted by Gasteiger charge is 2.71. The molecule has 4 atom stereocenters. The number of hydrogen-bond donors (Lipinski definition) is 0. The number of hydrogen-bond acceptors (Lipinski definition) is 8. The number of esters is 1. The molecule has 3 aromatic rings. The van der Waals surface area contributed by atoms with Crippen molar-refractivity contribution in [2.45, 2.75) is 44.3 Å². The van der Waals surface area contributed by atoms with Crippen molar-refractivity contribution in [2.24, 2.45) is 15.5 Å². The fraction of sp³-hybridized carbons (Fsp3) is 0.312. The van der Waals surface area contributed by atoms with Crippen LogP contribution in [0.1, 0.15) is 55.0 Å². The average Bonchev–Trinajstić information content (AvgIpc) is 3.46. The van der Waals surface area contributed by atoms with Crippen molar-refractivity contribution in [1.82, 2.24) is 5.01 Å². The molecule has 3 heterocycles. The number of methoxy groups -OCH3 is 2. The molecule has 0 bridgehead atoms. The smallest absolute Gasteiger partial charge is 0.344 e. The third kappa shape index (κ3) is 3.73. The summed E-state index contributed by atoms with van der Waals surface area (Å²) in [7, 11) is 3.13. The van der Waals surface area contributed by atoms with E-state index in [-0.39, 0.29) is 11.7 Å². The normalized spacial score (nSPS) is 24.8. The lowest BCUT2D eigenvalue weighted by Crippen LogP contribution is -2.45. The van der Waals surface area contributed by atoms with Gasteiger partial charge >= 0.3 is 5.97 Å². The Labute approximate surface area is 233 Å². The van der Waals surface area contributed by atoms with Gasteiger partial charge in [-0.05, 0) is 41.0 Å². The van der Waals surface area contributed by atoms with Crippen molar-refractivity contribution in [1.29, 1.82) is 0 Å². The summed E-state index contributed by atoms with van der Waals surface area (Å²) < 4.78 is 17.1. The predicted octanol–water partition coefficient (Wildman–Crippen LogP) is 4.92. The lowest BCUT2D eigenvalue weighted by atomic mass is 9.70. The summed E-state index contributed by atoms with van der Waals surface area (Å²) >= 11 is 0. The van der Waals surface area contributed by atoms with Gasteiger partial charge in [0.2, 0.25) is 5.90 Å². The van der Waals surface area contributed by atoms with Crippen LogP contribution >= 0.6 is 0 Å². The maximum atomic E-state index is 14.3. The highest BCUT2D eigenvalue weighted by molar-refractivity contribution is 6.10. The number of cyclic esters (lactones) is 1. The van der Waals surface area contributed by atoms with Crippen molar-refractivity contribution in [3.63, 3.8) is 0 Å². The summed E-state index contributed by atoms with van der Waals surface area (Å²) in [4.78, 5) is 33.8. The van der Waals surface area contributed by atoms with Crippen LogP contribution in [-0.2, 0) is 14.3 Å². The monoisotopic (exact) mass is 537 g/mol. The molecule has 1 fully saturated rings. The molecule has 8 nitrogen and oxygen atoms in total. The van der Waals surface area contributed by atoms with Gasteiger partial charge in [0.25, 0.3) is 0 Å². The number of rotatable bonds is 5. The Morgan fingerprint density at radius 1 is 0.950 bits per heavy atom. The molecule has 0 saturated carbocycles. The molecule has 40 heavy (non-hydrogen) atoms. The number of hydrazone groups is 1. The molecule has 3 aliphatic rings. The quantitative estimate of drug-likeness (QED) is 0.430. The van der Waals surface area contributed by atoms with Gasteiger partial charge in [-0.25, -0.2) is 9.79 Å². The van der Waals surface area contributed by atoms with E-state index >= 15 is 0 Å². The summed E-state index contributed by atoms with van der Waals surface area (Å²) in [5.41, 5.74) is 0.901. The average molecular weight is 538 g/mol. The van der Waals surface area contributed by atoms with Crippen LogP contribution in [0.25, 0.3) is 0 Å².